The molecule has 0 fully saturated rings. The zero-order valence-electron chi connectivity index (χ0n) is 19.5. The van der Waals surface area contributed by atoms with E-state index in [1.807, 2.05) is 25.1 Å². The Morgan fingerprint density at radius 1 is 0.700 bits per heavy atom. The van der Waals surface area contributed by atoms with Gasteiger partial charge in [-0.15, -0.1) is 0 Å². The fraction of sp³-hybridized carbons (Fsp3) is 0.704. The summed E-state index contributed by atoms with van der Waals surface area (Å²) in [6.45, 7) is 4.15. The largest absolute Gasteiger partial charge is 0.466 e. The normalized spacial score (nSPS) is 13.1. The summed E-state index contributed by atoms with van der Waals surface area (Å²) in [5, 5.41) is 18.1. The zero-order chi connectivity index (χ0) is 21.9. The summed E-state index contributed by atoms with van der Waals surface area (Å²) in [7, 11) is 0. The molecular weight excluding hydrogens is 368 g/mol. The highest BCUT2D eigenvalue weighted by Crippen LogP contribution is 2.25. The highest BCUT2D eigenvalue weighted by Gasteiger charge is 2.11. The third kappa shape index (κ3) is 12.5. The molecule has 30 heavy (non-hydrogen) atoms. The highest BCUT2D eigenvalue weighted by molar-refractivity contribution is 5.51. The van der Waals surface area contributed by atoms with Gasteiger partial charge in [0.2, 0.25) is 0 Å². The Morgan fingerprint density at radius 3 is 1.57 bits per heavy atom. The molecule has 3 heteroatoms. The van der Waals surface area contributed by atoms with Crippen LogP contribution in [0.3, 0.4) is 0 Å². The summed E-state index contributed by atoms with van der Waals surface area (Å²) in [6, 6.07) is 3.92. The number of nitriles is 2. The Labute approximate surface area is 185 Å². The van der Waals surface area contributed by atoms with Gasteiger partial charge in [-0.05, 0) is 25.5 Å². The highest BCUT2D eigenvalue weighted by atomic mass is 16.5. The summed E-state index contributed by atoms with van der Waals surface area (Å²) >= 11 is 0. The maximum Gasteiger partial charge on any atom is 0.137 e. The topological polar surface area (TPSA) is 56.8 Å². The van der Waals surface area contributed by atoms with E-state index in [0.29, 0.717) is 5.57 Å². The van der Waals surface area contributed by atoms with E-state index in [9.17, 15) is 0 Å². The van der Waals surface area contributed by atoms with Gasteiger partial charge in [0.05, 0.1) is 0 Å². The number of hydrogen-bond acceptors (Lipinski definition) is 3. The first kappa shape index (κ1) is 26.0. The van der Waals surface area contributed by atoms with Gasteiger partial charge >= 0.3 is 0 Å². The fourth-order valence-electron chi connectivity index (χ4n) is 3.97. The number of hydrogen-bond donors (Lipinski definition) is 0. The third-order valence-corrected chi connectivity index (χ3v) is 5.76. The van der Waals surface area contributed by atoms with Crippen LogP contribution in [0.1, 0.15) is 123 Å². The maximum atomic E-state index is 9.05. The number of allylic oxidation sites excluding steroid dienone is 6. The Bertz CT molecular complexity index is 627. The van der Waals surface area contributed by atoms with Crippen LogP contribution in [-0.4, -0.2) is 0 Å². The SMILES string of the molecule is CCCCCCCCCCCCCCCCCCC1=CC(=C(C#N)C#N)C=C(C)O1. The molecule has 0 amide bonds. The molecule has 0 bridgehead atoms. The first-order valence-electron chi connectivity index (χ1n) is 12.3. The van der Waals surface area contributed by atoms with Crippen LogP contribution in [0.15, 0.2) is 34.8 Å². The fourth-order valence-corrected chi connectivity index (χ4v) is 3.97. The van der Waals surface area contributed by atoms with Gasteiger partial charge in [0.15, 0.2) is 0 Å². The van der Waals surface area contributed by atoms with Crippen LogP contribution in [0.25, 0.3) is 0 Å². The summed E-state index contributed by atoms with van der Waals surface area (Å²) in [6.07, 6.45) is 26.3. The Kier molecular flexibility index (Phi) is 15.5. The van der Waals surface area contributed by atoms with Crippen LogP contribution in [-0.2, 0) is 4.74 Å². The van der Waals surface area contributed by atoms with E-state index in [-0.39, 0.29) is 5.57 Å². The molecule has 0 aliphatic carbocycles. The average molecular weight is 411 g/mol. The van der Waals surface area contributed by atoms with Crippen LogP contribution in [0.5, 0.6) is 0 Å². The van der Waals surface area contributed by atoms with Crippen LogP contribution >= 0.6 is 0 Å². The molecule has 0 saturated carbocycles. The minimum Gasteiger partial charge on any atom is -0.466 e. The van der Waals surface area contributed by atoms with E-state index in [1.54, 1.807) is 6.08 Å². The minimum absolute atomic E-state index is 0.155. The zero-order valence-corrected chi connectivity index (χ0v) is 19.5. The van der Waals surface area contributed by atoms with E-state index >= 15 is 0 Å². The molecule has 1 heterocycles. The molecule has 0 N–H and O–H groups in total. The molecule has 0 aromatic heterocycles. The molecule has 0 unspecified atom stereocenters. The van der Waals surface area contributed by atoms with Gasteiger partial charge in [-0.2, -0.15) is 10.5 Å². The smallest absolute Gasteiger partial charge is 0.137 e. The lowest BCUT2D eigenvalue weighted by atomic mass is 10.0. The Morgan fingerprint density at radius 2 is 1.13 bits per heavy atom. The Balaban J connectivity index is 1.97. The van der Waals surface area contributed by atoms with Crippen molar-refractivity contribution >= 4 is 0 Å². The molecule has 0 saturated heterocycles. The molecule has 1 aliphatic rings. The van der Waals surface area contributed by atoms with Gasteiger partial charge in [-0.3, -0.25) is 0 Å². The average Bonchev–Trinajstić information content (AvgIpc) is 2.74. The lowest BCUT2D eigenvalue weighted by molar-refractivity contribution is 0.284. The van der Waals surface area contributed by atoms with E-state index < -0.39 is 0 Å². The molecular formula is C27H42N2O. The van der Waals surface area contributed by atoms with Crippen molar-refractivity contribution in [1.82, 2.24) is 0 Å². The maximum absolute atomic E-state index is 9.05. The second-order valence-electron chi connectivity index (χ2n) is 8.57. The van der Waals surface area contributed by atoms with Gasteiger partial charge in [-0.25, -0.2) is 0 Å². The number of unbranched alkanes of at least 4 members (excludes halogenated alkanes) is 15. The lowest BCUT2D eigenvalue weighted by Gasteiger charge is -2.16. The van der Waals surface area contributed by atoms with Crippen molar-refractivity contribution in [3.63, 3.8) is 0 Å². The number of rotatable bonds is 17. The van der Waals surface area contributed by atoms with E-state index in [4.69, 9.17) is 15.3 Å². The van der Waals surface area contributed by atoms with E-state index in [2.05, 4.69) is 6.92 Å². The molecule has 0 aromatic carbocycles. The number of ether oxygens (including phenoxy) is 1. The van der Waals surface area contributed by atoms with Crippen LogP contribution in [0.2, 0.25) is 0 Å². The van der Waals surface area contributed by atoms with E-state index in [0.717, 1.165) is 24.4 Å². The molecule has 0 atom stereocenters. The van der Waals surface area contributed by atoms with Gasteiger partial charge in [0.1, 0.15) is 29.2 Å². The predicted octanol–water partition coefficient (Wildman–Crippen LogP) is 8.80. The molecule has 0 spiro atoms. The predicted molar refractivity (Wildman–Crippen MR) is 125 cm³/mol. The molecule has 1 aliphatic heterocycles. The van der Waals surface area contributed by atoms with Gasteiger partial charge in [-0.1, -0.05) is 103 Å². The first-order chi connectivity index (χ1) is 14.7. The Hall–Kier alpha value is -2.00. The van der Waals surface area contributed by atoms with Gasteiger partial charge < -0.3 is 4.74 Å². The molecule has 3 nitrogen and oxygen atoms in total. The van der Waals surface area contributed by atoms with E-state index in [1.165, 1.54) is 96.3 Å². The van der Waals surface area contributed by atoms with Crippen molar-refractivity contribution in [2.24, 2.45) is 0 Å². The summed E-state index contributed by atoms with van der Waals surface area (Å²) in [4.78, 5) is 0. The number of nitrogens with zero attached hydrogens (tertiary/aromatic N) is 2. The summed E-state index contributed by atoms with van der Waals surface area (Å²) in [5.74, 6) is 1.63. The molecule has 0 aromatic rings. The molecule has 166 valence electrons. The second-order valence-corrected chi connectivity index (χ2v) is 8.57. The van der Waals surface area contributed by atoms with Crippen molar-refractivity contribution in [3.8, 4) is 12.1 Å². The van der Waals surface area contributed by atoms with Crippen LogP contribution < -0.4 is 0 Å². The van der Waals surface area contributed by atoms with Crippen molar-refractivity contribution in [3.05, 3.63) is 34.8 Å². The summed E-state index contributed by atoms with van der Waals surface area (Å²) < 4.78 is 5.75. The quantitative estimate of drug-likeness (QED) is 0.178. The van der Waals surface area contributed by atoms with Crippen molar-refractivity contribution in [2.45, 2.75) is 123 Å². The molecule has 1 rings (SSSR count). The monoisotopic (exact) mass is 410 g/mol. The first-order valence-corrected chi connectivity index (χ1v) is 12.3. The van der Waals surface area contributed by atoms with Crippen molar-refractivity contribution in [1.29, 1.82) is 10.5 Å². The second kappa shape index (κ2) is 17.8. The van der Waals surface area contributed by atoms with Gasteiger partial charge in [0.25, 0.3) is 0 Å². The molecule has 0 radical (unpaired) electrons. The third-order valence-electron chi connectivity index (χ3n) is 5.76. The van der Waals surface area contributed by atoms with Crippen LogP contribution in [0, 0.1) is 22.7 Å². The van der Waals surface area contributed by atoms with Crippen molar-refractivity contribution < 1.29 is 4.74 Å². The van der Waals surface area contributed by atoms with Crippen LogP contribution in [0.4, 0.5) is 0 Å². The summed E-state index contributed by atoms with van der Waals surface area (Å²) in [5.41, 5.74) is 0.831. The van der Waals surface area contributed by atoms with Gasteiger partial charge in [0, 0.05) is 12.0 Å². The standard InChI is InChI=1S/C27H42N2O/c1-3-4-5-6-7-8-9-10-11-12-13-14-15-16-17-18-19-27-21-25(20-24(2)30-27)26(22-28)23-29/h20-21H,3-19H2,1-2H3. The van der Waals surface area contributed by atoms with Crippen molar-refractivity contribution in [2.75, 3.05) is 0 Å². The lowest BCUT2D eigenvalue weighted by Crippen LogP contribution is -1.99. The minimum atomic E-state index is 0.155.